The molecule has 7 nitrogen and oxygen atoms in total. The normalized spacial score (nSPS) is 15.3. The zero-order chi connectivity index (χ0) is 20.1. The van der Waals surface area contributed by atoms with Crippen molar-refractivity contribution in [3.05, 3.63) is 60.8 Å². The molecule has 1 aliphatic rings. The Morgan fingerprint density at radius 3 is 2.69 bits per heavy atom. The number of imidazole rings is 1. The number of carbonyl (C=O) groups excluding carboxylic acids is 1. The maximum atomic E-state index is 12.4. The Morgan fingerprint density at radius 2 is 2.03 bits per heavy atom. The summed E-state index contributed by atoms with van der Waals surface area (Å²) in [5.74, 6) is 0.892. The van der Waals surface area contributed by atoms with E-state index in [1.165, 1.54) is 12.8 Å². The van der Waals surface area contributed by atoms with Crippen molar-refractivity contribution < 1.29 is 9.21 Å². The van der Waals surface area contributed by atoms with E-state index in [2.05, 4.69) is 20.5 Å². The molecule has 2 amide bonds. The fraction of sp³-hybridized carbons (Fsp3) is 0.333. The molecule has 29 heavy (non-hydrogen) atoms. The van der Waals surface area contributed by atoms with Crippen LogP contribution in [0.5, 0.6) is 0 Å². The van der Waals surface area contributed by atoms with Crippen LogP contribution in [0.2, 0.25) is 0 Å². The first kappa shape index (κ1) is 19.6. The first-order chi connectivity index (χ1) is 14.2. The van der Waals surface area contributed by atoms with Crippen LogP contribution in [0, 0.1) is 0 Å². The highest BCUT2D eigenvalue weighted by atomic mass is 32.2. The molecule has 0 bridgehead atoms. The van der Waals surface area contributed by atoms with Crippen molar-refractivity contribution in [3.8, 4) is 0 Å². The Morgan fingerprint density at radius 1 is 1.24 bits per heavy atom. The second-order valence-electron chi connectivity index (χ2n) is 7.06. The number of benzene rings is 1. The summed E-state index contributed by atoms with van der Waals surface area (Å²) in [7, 11) is 1.97. The second-order valence-corrected chi connectivity index (χ2v) is 8.10. The fourth-order valence-corrected chi connectivity index (χ4v) is 4.27. The highest BCUT2D eigenvalue weighted by Crippen LogP contribution is 2.27. The number of urea groups is 1. The van der Waals surface area contributed by atoms with Gasteiger partial charge in [0.25, 0.3) is 0 Å². The number of likely N-dealkylation sites (tertiary alicyclic amines) is 1. The molecule has 0 aliphatic carbocycles. The van der Waals surface area contributed by atoms with E-state index in [-0.39, 0.29) is 12.1 Å². The number of hydrogen-bond acceptors (Lipinski definition) is 5. The number of carbonyl (C=O) groups is 1. The number of hydrogen-bond donors (Lipinski definition) is 2. The molecule has 4 rings (SSSR count). The van der Waals surface area contributed by atoms with Crippen molar-refractivity contribution in [2.75, 3.05) is 25.0 Å². The number of anilines is 1. The predicted octanol–water partition coefficient (Wildman–Crippen LogP) is 4.12. The van der Waals surface area contributed by atoms with Crippen molar-refractivity contribution >= 4 is 23.5 Å². The van der Waals surface area contributed by atoms with E-state index < -0.39 is 0 Å². The second kappa shape index (κ2) is 9.19. The van der Waals surface area contributed by atoms with E-state index >= 15 is 0 Å². The van der Waals surface area contributed by atoms with Crippen LogP contribution in [0.3, 0.4) is 0 Å². The summed E-state index contributed by atoms with van der Waals surface area (Å²) in [4.78, 5) is 20.1. The first-order valence-electron chi connectivity index (χ1n) is 9.76. The molecule has 8 heteroatoms. The molecule has 1 aromatic carbocycles. The molecule has 2 aromatic heterocycles. The molecule has 0 radical (unpaired) electrons. The molecule has 1 saturated heterocycles. The van der Waals surface area contributed by atoms with Gasteiger partial charge in [0.05, 0.1) is 12.3 Å². The largest absolute Gasteiger partial charge is 0.468 e. The zero-order valence-electron chi connectivity index (χ0n) is 16.4. The smallest absolute Gasteiger partial charge is 0.319 e. The molecule has 0 spiro atoms. The summed E-state index contributed by atoms with van der Waals surface area (Å²) in [5.41, 5.74) is 0.752. The maximum Gasteiger partial charge on any atom is 0.319 e. The van der Waals surface area contributed by atoms with E-state index in [9.17, 15) is 4.79 Å². The Kier molecular flexibility index (Phi) is 6.21. The number of nitrogens with one attached hydrogen (secondary N) is 2. The Labute approximate surface area is 174 Å². The molecule has 0 unspecified atom stereocenters. The van der Waals surface area contributed by atoms with E-state index in [1.807, 2.05) is 54.2 Å². The molecule has 0 saturated carbocycles. The molecule has 1 fully saturated rings. The highest BCUT2D eigenvalue weighted by Gasteiger charge is 2.25. The van der Waals surface area contributed by atoms with Gasteiger partial charge in [0.2, 0.25) is 0 Å². The van der Waals surface area contributed by atoms with Gasteiger partial charge in [-0.05, 0) is 62.3 Å². The lowest BCUT2D eigenvalue weighted by molar-refractivity contribution is 0.207. The monoisotopic (exact) mass is 411 g/mol. The highest BCUT2D eigenvalue weighted by molar-refractivity contribution is 7.99. The van der Waals surface area contributed by atoms with Gasteiger partial charge in [-0.15, -0.1) is 0 Å². The van der Waals surface area contributed by atoms with E-state index in [0.29, 0.717) is 6.54 Å². The summed E-state index contributed by atoms with van der Waals surface area (Å²) < 4.78 is 7.57. The number of aromatic nitrogens is 2. The standard InChI is InChI=1S/C21H25N5O2S/c1-25-13-10-22-21(25)29-17-8-6-16(7-9-17)24-20(27)23-15-18(19-5-4-14-28-19)26-11-2-3-12-26/h4-10,13-14,18H,2-3,11-12,15H2,1H3,(H2,23,24,27)/t18-/m0/s1. The van der Waals surface area contributed by atoms with Crippen molar-refractivity contribution in [3.63, 3.8) is 0 Å². The van der Waals surface area contributed by atoms with Gasteiger partial charge in [-0.2, -0.15) is 0 Å². The SMILES string of the molecule is Cn1ccnc1Sc1ccc(NC(=O)NC[C@@H](c2ccco2)N2CCCC2)cc1. The third-order valence-electron chi connectivity index (χ3n) is 5.01. The first-order valence-corrected chi connectivity index (χ1v) is 10.6. The third kappa shape index (κ3) is 5.02. The lowest BCUT2D eigenvalue weighted by atomic mass is 10.2. The molecule has 152 valence electrons. The topological polar surface area (TPSA) is 75.3 Å². The Hall–Kier alpha value is -2.71. The number of nitrogens with zero attached hydrogens (tertiary/aromatic N) is 3. The minimum absolute atomic E-state index is 0.0646. The lowest BCUT2D eigenvalue weighted by Gasteiger charge is -2.26. The molecule has 1 aliphatic heterocycles. The van der Waals surface area contributed by atoms with Crippen LogP contribution < -0.4 is 10.6 Å². The van der Waals surface area contributed by atoms with Crippen LogP contribution in [0.15, 0.2) is 69.5 Å². The molecule has 3 heterocycles. The van der Waals surface area contributed by atoms with Gasteiger partial charge in [0.15, 0.2) is 5.16 Å². The van der Waals surface area contributed by atoms with E-state index in [1.54, 1.807) is 24.2 Å². The van der Waals surface area contributed by atoms with Crippen molar-refractivity contribution in [1.82, 2.24) is 19.8 Å². The quantitative estimate of drug-likeness (QED) is 0.612. The molecular formula is C21H25N5O2S. The van der Waals surface area contributed by atoms with Gasteiger partial charge in [0.1, 0.15) is 5.76 Å². The van der Waals surface area contributed by atoms with Crippen molar-refractivity contribution in [2.45, 2.75) is 28.9 Å². The van der Waals surface area contributed by atoms with Crippen LogP contribution in [-0.2, 0) is 7.05 Å². The van der Waals surface area contributed by atoms with Gasteiger partial charge < -0.3 is 19.6 Å². The summed E-state index contributed by atoms with van der Waals surface area (Å²) in [6.07, 6.45) is 7.75. The summed E-state index contributed by atoms with van der Waals surface area (Å²) in [6.45, 7) is 2.57. The van der Waals surface area contributed by atoms with E-state index in [0.717, 1.165) is 34.6 Å². The van der Waals surface area contributed by atoms with Gasteiger partial charge in [-0.3, -0.25) is 4.90 Å². The molecule has 1 atom stereocenters. The van der Waals surface area contributed by atoms with Gasteiger partial charge in [-0.1, -0.05) is 11.8 Å². The molecule has 2 N–H and O–H groups in total. The number of aryl methyl sites for hydroxylation is 1. The average molecular weight is 412 g/mol. The molecule has 3 aromatic rings. The van der Waals surface area contributed by atoms with Crippen LogP contribution in [0.1, 0.15) is 24.6 Å². The van der Waals surface area contributed by atoms with Gasteiger partial charge in [0, 0.05) is 36.6 Å². The van der Waals surface area contributed by atoms with Crippen molar-refractivity contribution in [2.24, 2.45) is 7.05 Å². The summed E-state index contributed by atoms with van der Waals surface area (Å²) >= 11 is 1.58. The maximum absolute atomic E-state index is 12.4. The van der Waals surface area contributed by atoms with Crippen LogP contribution in [0.4, 0.5) is 10.5 Å². The number of amides is 2. The summed E-state index contributed by atoms with van der Waals surface area (Å²) in [5, 5.41) is 6.81. The zero-order valence-corrected chi connectivity index (χ0v) is 17.2. The van der Waals surface area contributed by atoms with Gasteiger partial charge in [-0.25, -0.2) is 9.78 Å². The third-order valence-corrected chi connectivity index (χ3v) is 6.09. The summed E-state index contributed by atoms with van der Waals surface area (Å²) in [6, 6.07) is 11.5. The average Bonchev–Trinajstić information content (AvgIpc) is 3.48. The van der Waals surface area contributed by atoms with Crippen LogP contribution in [-0.4, -0.2) is 40.1 Å². The van der Waals surface area contributed by atoms with Crippen molar-refractivity contribution in [1.29, 1.82) is 0 Å². The molecular weight excluding hydrogens is 386 g/mol. The van der Waals surface area contributed by atoms with Gasteiger partial charge >= 0.3 is 6.03 Å². The van der Waals surface area contributed by atoms with E-state index in [4.69, 9.17) is 4.42 Å². The lowest BCUT2D eigenvalue weighted by Crippen LogP contribution is -2.38. The Bertz CT molecular complexity index is 917. The minimum Gasteiger partial charge on any atom is -0.468 e. The predicted molar refractivity (Wildman–Crippen MR) is 113 cm³/mol. The number of furan rings is 1. The number of rotatable bonds is 7. The Balaban J connectivity index is 1.31. The van der Waals surface area contributed by atoms with Crippen LogP contribution in [0.25, 0.3) is 0 Å². The minimum atomic E-state index is -0.217. The van der Waals surface area contributed by atoms with Crippen LogP contribution >= 0.6 is 11.8 Å². The fourth-order valence-electron chi connectivity index (χ4n) is 3.47.